The molecule has 0 aliphatic heterocycles. The largest absolute Gasteiger partial charge is 0.0845 e. The summed E-state index contributed by atoms with van der Waals surface area (Å²) in [6, 6.07) is 0. The normalized spacial score (nSPS) is 24.6. The molecule has 0 unspecified atom stereocenters. The molecular weight excluding hydrogens is 324 g/mol. The van der Waals surface area contributed by atoms with Gasteiger partial charge in [-0.2, -0.15) is 0 Å². The van der Waals surface area contributed by atoms with Crippen LogP contribution in [0.2, 0.25) is 0 Å². The SMILES string of the molecule is C1=CCCCCCCCCCCCCCCCCCCCCC/C=C/C=C/1. The highest BCUT2D eigenvalue weighted by Gasteiger charge is 1.95. The molecule has 0 saturated carbocycles. The van der Waals surface area contributed by atoms with Gasteiger partial charge >= 0.3 is 0 Å². The molecule has 0 fully saturated rings. The standard InChI is InChI=1S/C27H48/c1-2-4-6-8-10-12-14-16-18-20-22-24-26-27-25-23-21-19-17-15-13-11-9-7-5-3-1/h1-6H,7-27H2/b2-1+,5-3+,6-4?. The summed E-state index contributed by atoms with van der Waals surface area (Å²) in [5, 5.41) is 0. The Morgan fingerprint density at radius 1 is 0.222 bits per heavy atom. The molecular formula is C27H48. The van der Waals surface area contributed by atoms with Crippen molar-refractivity contribution < 1.29 is 0 Å². The van der Waals surface area contributed by atoms with Gasteiger partial charge in [0.15, 0.2) is 0 Å². The van der Waals surface area contributed by atoms with Gasteiger partial charge in [-0.15, -0.1) is 0 Å². The molecule has 0 heteroatoms. The van der Waals surface area contributed by atoms with Crippen LogP contribution in [0.15, 0.2) is 36.5 Å². The Morgan fingerprint density at radius 3 is 0.704 bits per heavy atom. The fourth-order valence-electron chi connectivity index (χ4n) is 4.01. The maximum Gasteiger partial charge on any atom is -0.0348 e. The van der Waals surface area contributed by atoms with Crippen LogP contribution in [0.1, 0.15) is 135 Å². The first-order valence-corrected chi connectivity index (χ1v) is 12.5. The van der Waals surface area contributed by atoms with E-state index in [1.54, 1.807) is 0 Å². The highest BCUT2D eigenvalue weighted by molar-refractivity contribution is 5.10. The molecule has 0 heterocycles. The third kappa shape index (κ3) is 19.8. The first-order chi connectivity index (χ1) is 13.5. The molecule has 0 N–H and O–H groups in total. The Bertz CT molecular complexity index is 326. The van der Waals surface area contributed by atoms with E-state index in [1.807, 2.05) is 0 Å². The highest BCUT2D eigenvalue weighted by Crippen LogP contribution is 2.15. The van der Waals surface area contributed by atoms with Gasteiger partial charge in [-0.3, -0.25) is 0 Å². The molecule has 0 radical (unpaired) electrons. The average molecular weight is 373 g/mol. The molecule has 1 aliphatic rings. The topological polar surface area (TPSA) is 0 Å². The number of hydrogen-bond acceptors (Lipinski definition) is 0. The van der Waals surface area contributed by atoms with Crippen LogP contribution in [0.5, 0.6) is 0 Å². The van der Waals surface area contributed by atoms with E-state index in [4.69, 9.17) is 0 Å². The number of allylic oxidation sites excluding steroid dienone is 6. The van der Waals surface area contributed by atoms with Gasteiger partial charge in [0.2, 0.25) is 0 Å². The van der Waals surface area contributed by atoms with Gasteiger partial charge in [0, 0.05) is 0 Å². The molecule has 0 saturated heterocycles. The van der Waals surface area contributed by atoms with E-state index >= 15 is 0 Å². The van der Waals surface area contributed by atoms with E-state index in [0.29, 0.717) is 0 Å². The first kappa shape index (κ1) is 24.3. The van der Waals surface area contributed by atoms with E-state index in [-0.39, 0.29) is 0 Å². The van der Waals surface area contributed by atoms with Crippen molar-refractivity contribution in [2.24, 2.45) is 0 Å². The van der Waals surface area contributed by atoms with Crippen molar-refractivity contribution in [2.45, 2.75) is 135 Å². The lowest BCUT2D eigenvalue weighted by atomic mass is 10.0. The van der Waals surface area contributed by atoms with Crippen LogP contribution < -0.4 is 0 Å². The molecule has 27 heavy (non-hydrogen) atoms. The van der Waals surface area contributed by atoms with Gasteiger partial charge in [0.25, 0.3) is 0 Å². The van der Waals surface area contributed by atoms with E-state index in [1.165, 1.54) is 135 Å². The molecule has 0 bridgehead atoms. The smallest absolute Gasteiger partial charge is 0.0348 e. The molecule has 0 aromatic heterocycles. The Labute approximate surface area is 171 Å². The lowest BCUT2D eigenvalue weighted by Crippen LogP contribution is -1.84. The fraction of sp³-hybridized carbons (Fsp3) is 0.778. The minimum Gasteiger partial charge on any atom is -0.0845 e. The van der Waals surface area contributed by atoms with Crippen LogP contribution in [0.25, 0.3) is 0 Å². The lowest BCUT2D eigenvalue weighted by Gasteiger charge is -2.04. The van der Waals surface area contributed by atoms with Gasteiger partial charge < -0.3 is 0 Å². The predicted molar refractivity (Wildman–Crippen MR) is 124 cm³/mol. The summed E-state index contributed by atoms with van der Waals surface area (Å²) in [5.41, 5.74) is 0. The number of rotatable bonds is 0. The molecule has 1 aliphatic carbocycles. The Morgan fingerprint density at radius 2 is 0.444 bits per heavy atom. The van der Waals surface area contributed by atoms with Gasteiger partial charge in [0.1, 0.15) is 0 Å². The van der Waals surface area contributed by atoms with E-state index in [0.717, 1.165) is 0 Å². The summed E-state index contributed by atoms with van der Waals surface area (Å²) in [7, 11) is 0. The van der Waals surface area contributed by atoms with Crippen molar-refractivity contribution in [2.75, 3.05) is 0 Å². The minimum absolute atomic E-state index is 1.24. The van der Waals surface area contributed by atoms with Crippen molar-refractivity contribution >= 4 is 0 Å². The Kier molecular flexibility index (Phi) is 19.3. The summed E-state index contributed by atoms with van der Waals surface area (Å²) < 4.78 is 0. The zero-order valence-electron chi connectivity index (χ0n) is 18.3. The number of hydrogen-bond donors (Lipinski definition) is 0. The Balaban J connectivity index is 2.13. The molecule has 0 nitrogen and oxygen atoms in total. The van der Waals surface area contributed by atoms with Crippen LogP contribution in [0, 0.1) is 0 Å². The molecule has 0 atom stereocenters. The summed E-state index contributed by atoms with van der Waals surface area (Å²) in [4.78, 5) is 0. The molecule has 0 amide bonds. The predicted octanol–water partition coefficient (Wildman–Crippen LogP) is 9.86. The van der Waals surface area contributed by atoms with Crippen LogP contribution in [-0.2, 0) is 0 Å². The van der Waals surface area contributed by atoms with E-state index < -0.39 is 0 Å². The van der Waals surface area contributed by atoms with Crippen LogP contribution in [-0.4, -0.2) is 0 Å². The summed E-state index contributed by atoms with van der Waals surface area (Å²) in [6.45, 7) is 0. The summed E-state index contributed by atoms with van der Waals surface area (Å²) >= 11 is 0. The molecule has 156 valence electrons. The highest BCUT2D eigenvalue weighted by atomic mass is 14.0. The minimum atomic E-state index is 1.24. The van der Waals surface area contributed by atoms with E-state index in [9.17, 15) is 0 Å². The van der Waals surface area contributed by atoms with Crippen molar-refractivity contribution in [3.8, 4) is 0 Å². The maximum absolute atomic E-state index is 2.33. The van der Waals surface area contributed by atoms with Crippen molar-refractivity contribution in [1.29, 1.82) is 0 Å². The second-order valence-electron chi connectivity index (χ2n) is 8.54. The molecule has 0 aromatic carbocycles. The monoisotopic (exact) mass is 372 g/mol. The fourth-order valence-corrected chi connectivity index (χ4v) is 4.01. The van der Waals surface area contributed by atoms with Crippen LogP contribution in [0.3, 0.4) is 0 Å². The van der Waals surface area contributed by atoms with Crippen molar-refractivity contribution in [3.63, 3.8) is 0 Å². The van der Waals surface area contributed by atoms with Gasteiger partial charge in [-0.1, -0.05) is 146 Å². The zero-order valence-corrected chi connectivity index (χ0v) is 18.3. The lowest BCUT2D eigenvalue weighted by molar-refractivity contribution is 0.522. The second kappa shape index (κ2) is 21.5. The third-order valence-corrected chi connectivity index (χ3v) is 5.85. The summed E-state index contributed by atoms with van der Waals surface area (Å²) in [5.74, 6) is 0. The van der Waals surface area contributed by atoms with Gasteiger partial charge in [-0.05, 0) is 25.7 Å². The third-order valence-electron chi connectivity index (χ3n) is 5.85. The van der Waals surface area contributed by atoms with Crippen LogP contribution >= 0.6 is 0 Å². The average Bonchev–Trinajstić information content (AvgIpc) is 2.68. The van der Waals surface area contributed by atoms with Crippen molar-refractivity contribution in [3.05, 3.63) is 36.5 Å². The zero-order chi connectivity index (χ0) is 19.1. The van der Waals surface area contributed by atoms with E-state index in [2.05, 4.69) is 36.5 Å². The second-order valence-corrected chi connectivity index (χ2v) is 8.54. The van der Waals surface area contributed by atoms with Gasteiger partial charge in [-0.25, -0.2) is 0 Å². The van der Waals surface area contributed by atoms with Crippen molar-refractivity contribution in [1.82, 2.24) is 0 Å². The quantitative estimate of drug-likeness (QED) is 0.397. The molecule has 0 aromatic rings. The maximum atomic E-state index is 2.33. The molecule has 0 spiro atoms. The first-order valence-electron chi connectivity index (χ1n) is 12.5. The van der Waals surface area contributed by atoms with Crippen LogP contribution in [0.4, 0.5) is 0 Å². The summed E-state index contributed by atoms with van der Waals surface area (Å²) in [6.07, 6.45) is 43.5. The van der Waals surface area contributed by atoms with Gasteiger partial charge in [0.05, 0.1) is 0 Å². The Hall–Kier alpha value is -0.780. The molecule has 1 rings (SSSR count).